The van der Waals surface area contributed by atoms with Crippen molar-refractivity contribution >= 4 is 6.16 Å². The number of hydrogen-bond donors (Lipinski definition) is 0. The summed E-state index contributed by atoms with van der Waals surface area (Å²) in [4.78, 5) is 16.4. The van der Waals surface area contributed by atoms with E-state index in [0.717, 1.165) is 25.7 Å². The van der Waals surface area contributed by atoms with Crippen LogP contribution < -0.4 is 4.74 Å². The third kappa shape index (κ3) is 12.2. The molecule has 194 valence electrons. The van der Waals surface area contributed by atoms with Gasteiger partial charge in [0.15, 0.2) is 11.6 Å². The first kappa shape index (κ1) is 28.8. The van der Waals surface area contributed by atoms with Crippen molar-refractivity contribution in [3.05, 3.63) is 47.9 Å². The SMILES string of the molecule is CCCCCCCCCOC(=O)Oc1ccc(-c2ccc(CCCCCCCCC)cn2)cc1F. The molecule has 5 heteroatoms. The number of pyridine rings is 1. The summed E-state index contributed by atoms with van der Waals surface area (Å²) in [7, 11) is 0. The van der Waals surface area contributed by atoms with Crippen molar-refractivity contribution in [2.24, 2.45) is 0 Å². The van der Waals surface area contributed by atoms with E-state index in [1.807, 2.05) is 12.3 Å². The van der Waals surface area contributed by atoms with Crippen molar-refractivity contribution in [2.45, 2.75) is 110 Å². The van der Waals surface area contributed by atoms with Gasteiger partial charge in [-0.1, -0.05) is 97.0 Å². The molecule has 0 radical (unpaired) electrons. The maximum absolute atomic E-state index is 14.5. The maximum Gasteiger partial charge on any atom is 0.513 e. The number of rotatable bonds is 18. The van der Waals surface area contributed by atoms with Crippen LogP contribution >= 0.6 is 0 Å². The number of aryl methyl sites for hydroxylation is 1. The molecule has 0 bridgehead atoms. The van der Waals surface area contributed by atoms with Gasteiger partial charge in [0.1, 0.15) is 0 Å². The van der Waals surface area contributed by atoms with Crippen LogP contribution in [0.15, 0.2) is 36.5 Å². The Morgan fingerprint density at radius 1 is 0.800 bits per heavy atom. The quantitative estimate of drug-likeness (QED) is 0.120. The molecule has 1 aromatic carbocycles. The summed E-state index contributed by atoms with van der Waals surface area (Å²) in [5, 5.41) is 0. The van der Waals surface area contributed by atoms with E-state index in [-0.39, 0.29) is 5.75 Å². The van der Waals surface area contributed by atoms with E-state index in [1.54, 1.807) is 6.07 Å². The highest BCUT2D eigenvalue weighted by atomic mass is 19.1. The van der Waals surface area contributed by atoms with Crippen LogP contribution in [0.5, 0.6) is 5.75 Å². The second kappa shape index (κ2) is 17.9. The highest BCUT2D eigenvalue weighted by Crippen LogP contribution is 2.25. The van der Waals surface area contributed by atoms with E-state index in [0.29, 0.717) is 17.9 Å². The summed E-state index contributed by atoms with van der Waals surface area (Å²) in [6, 6.07) is 8.48. The molecular formula is C30H44FNO3. The van der Waals surface area contributed by atoms with Gasteiger partial charge in [-0.15, -0.1) is 0 Å². The predicted molar refractivity (Wildman–Crippen MR) is 141 cm³/mol. The number of unbranched alkanes of at least 4 members (excludes halogenated alkanes) is 12. The number of halogens is 1. The smallest absolute Gasteiger partial charge is 0.434 e. The molecule has 1 aromatic heterocycles. The minimum atomic E-state index is -0.865. The average Bonchev–Trinajstić information content (AvgIpc) is 2.87. The maximum atomic E-state index is 14.5. The molecule has 0 aliphatic heterocycles. The van der Waals surface area contributed by atoms with E-state index in [2.05, 4.69) is 24.9 Å². The van der Waals surface area contributed by atoms with Gasteiger partial charge in [-0.2, -0.15) is 0 Å². The zero-order valence-electron chi connectivity index (χ0n) is 21.8. The molecule has 0 amide bonds. The van der Waals surface area contributed by atoms with Gasteiger partial charge in [0.05, 0.1) is 12.3 Å². The lowest BCUT2D eigenvalue weighted by molar-refractivity contribution is 0.0958. The number of carbonyl (C=O) groups is 1. The Hall–Kier alpha value is -2.43. The molecule has 35 heavy (non-hydrogen) atoms. The normalized spacial score (nSPS) is 10.9. The molecule has 2 rings (SSSR count). The van der Waals surface area contributed by atoms with E-state index in [4.69, 9.17) is 9.47 Å². The van der Waals surface area contributed by atoms with Gasteiger partial charge in [0, 0.05) is 11.8 Å². The summed E-state index contributed by atoms with van der Waals surface area (Å²) >= 11 is 0. The Morgan fingerprint density at radius 3 is 2.03 bits per heavy atom. The zero-order valence-corrected chi connectivity index (χ0v) is 21.8. The van der Waals surface area contributed by atoms with Gasteiger partial charge < -0.3 is 9.47 Å². The summed E-state index contributed by atoms with van der Waals surface area (Å²) in [6.07, 6.45) is 19.0. The Labute approximate surface area is 211 Å². The monoisotopic (exact) mass is 485 g/mol. The van der Waals surface area contributed by atoms with Gasteiger partial charge in [-0.05, 0) is 49.1 Å². The summed E-state index contributed by atoms with van der Waals surface area (Å²) < 4.78 is 24.6. The van der Waals surface area contributed by atoms with Crippen LogP contribution in [0, 0.1) is 5.82 Å². The minimum absolute atomic E-state index is 0.131. The minimum Gasteiger partial charge on any atom is -0.434 e. The molecule has 0 unspecified atom stereocenters. The number of ether oxygens (including phenoxy) is 2. The third-order valence-electron chi connectivity index (χ3n) is 6.28. The first-order valence-corrected chi connectivity index (χ1v) is 13.7. The molecule has 0 saturated heterocycles. The van der Waals surface area contributed by atoms with Crippen LogP contribution in [0.1, 0.15) is 109 Å². The van der Waals surface area contributed by atoms with E-state index < -0.39 is 12.0 Å². The first-order chi connectivity index (χ1) is 17.1. The van der Waals surface area contributed by atoms with Crippen molar-refractivity contribution in [3.8, 4) is 17.0 Å². The highest BCUT2D eigenvalue weighted by molar-refractivity contribution is 5.66. The molecule has 0 N–H and O–H groups in total. The average molecular weight is 486 g/mol. The van der Waals surface area contributed by atoms with E-state index in [9.17, 15) is 9.18 Å². The van der Waals surface area contributed by atoms with Crippen molar-refractivity contribution in [1.82, 2.24) is 4.98 Å². The fraction of sp³-hybridized carbons (Fsp3) is 0.600. The molecule has 0 atom stereocenters. The topological polar surface area (TPSA) is 48.4 Å². The Balaban J connectivity index is 1.71. The lowest BCUT2D eigenvalue weighted by Gasteiger charge is -2.09. The van der Waals surface area contributed by atoms with Crippen LogP contribution in [0.2, 0.25) is 0 Å². The third-order valence-corrected chi connectivity index (χ3v) is 6.28. The lowest BCUT2D eigenvalue weighted by Crippen LogP contribution is -2.12. The highest BCUT2D eigenvalue weighted by Gasteiger charge is 2.12. The molecule has 0 fully saturated rings. The standard InChI is InChI=1S/C30H44FNO3/c1-3-5-7-9-11-13-15-17-25-18-20-28(32-24-25)26-19-21-29(27(31)23-26)35-30(33)34-22-16-14-12-10-8-6-4-2/h18-21,23-24H,3-17,22H2,1-2H3. The Bertz CT molecular complexity index is 838. The number of carbonyl (C=O) groups excluding carboxylic acids is 1. The molecule has 2 aromatic rings. The molecule has 0 spiro atoms. The van der Waals surface area contributed by atoms with Crippen LogP contribution in [-0.4, -0.2) is 17.7 Å². The molecule has 1 heterocycles. The fourth-order valence-electron chi connectivity index (χ4n) is 4.11. The van der Waals surface area contributed by atoms with E-state index in [1.165, 1.54) is 88.3 Å². The predicted octanol–water partition coefficient (Wildman–Crippen LogP) is 9.45. The van der Waals surface area contributed by atoms with Crippen LogP contribution in [0.3, 0.4) is 0 Å². The Kier molecular flexibility index (Phi) is 14.8. The van der Waals surface area contributed by atoms with Crippen LogP contribution in [0.25, 0.3) is 11.3 Å². The first-order valence-electron chi connectivity index (χ1n) is 13.7. The van der Waals surface area contributed by atoms with Gasteiger partial charge in [0.25, 0.3) is 0 Å². The number of benzene rings is 1. The summed E-state index contributed by atoms with van der Waals surface area (Å²) in [5.41, 5.74) is 2.54. The Morgan fingerprint density at radius 2 is 1.43 bits per heavy atom. The zero-order chi connectivity index (χ0) is 25.1. The van der Waals surface area contributed by atoms with Crippen LogP contribution in [-0.2, 0) is 11.2 Å². The van der Waals surface area contributed by atoms with Crippen molar-refractivity contribution in [3.63, 3.8) is 0 Å². The van der Waals surface area contributed by atoms with Crippen molar-refractivity contribution in [1.29, 1.82) is 0 Å². The molecular weight excluding hydrogens is 441 g/mol. The fourth-order valence-corrected chi connectivity index (χ4v) is 4.11. The number of aromatic nitrogens is 1. The number of nitrogens with zero attached hydrogens (tertiary/aromatic N) is 1. The molecule has 0 aliphatic carbocycles. The van der Waals surface area contributed by atoms with Gasteiger partial charge in [-0.3, -0.25) is 4.98 Å². The molecule has 0 saturated carbocycles. The molecule has 4 nitrogen and oxygen atoms in total. The number of hydrogen-bond acceptors (Lipinski definition) is 4. The summed E-state index contributed by atoms with van der Waals surface area (Å²) in [5.74, 6) is -0.738. The second-order valence-corrected chi connectivity index (χ2v) is 9.39. The van der Waals surface area contributed by atoms with Gasteiger partial charge in [-0.25, -0.2) is 9.18 Å². The lowest BCUT2D eigenvalue weighted by atomic mass is 10.0. The van der Waals surface area contributed by atoms with Gasteiger partial charge >= 0.3 is 6.16 Å². The molecule has 0 aliphatic rings. The largest absolute Gasteiger partial charge is 0.513 e. The second-order valence-electron chi connectivity index (χ2n) is 9.39. The van der Waals surface area contributed by atoms with E-state index >= 15 is 0 Å². The van der Waals surface area contributed by atoms with Crippen molar-refractivity contribution < 1.29 is 18.7 Å². The van der Waals surface area contributed by atoms with Gasteiger partial charge in [0.2, 0.25) is 0 Å². The van der Waals surface area contributed by atoms with Crippen LogP contribution in [0.4, 0.5) is 9.18 Å². The summed E-state index contributed by atoms with van der Waals surface area (Å²) in [6.45, 7) is 4.73. The van der Waals surface area contributed by atoms with Crippen molar-refractivity contribution in [2.75, 3.05) is 6.61 Å².